The second-order valence-electron chi connectivity index (χ2n) is 7.13. The van der Waals surface area contributed by atoms with Crippen molar-refractivity contribution in [3.63, 3.8) is 0 Å². The van der Waals surface area contributed by atoms with Gasteiger partial charge in [-0.3, -0.25) is 4.79 Å². The van der Waals surface area contributed by atoms with E-state index in [1.54, 1.807) is 18.2 Å². The van der Waals surface area contributed by atoms with Gasteiger partial charge in [0.05, 0.1) is 5.02 Å². The Morgan fingerprint density at radius 3 is 2.72 bits per heavy atom. The number of halogens is 1. The van der Waals surface area contributed by atoms with Crippen LogP contribution in [0.25, 0.3) is 22.4 Å². The summed E-state index contributed by atoms with van der Waals surface area (Å²) in [7, 11) is 0. The fourth-order valence-electron chi connectivity index (χ4n) is 3.50. The molecule has 0 fully saturated rings. The summed E-state index contributed by atoms with van der Waals surface area (Å²) in [5.41, 5.74) is 0.524. The smallest absolute Gasteiger partial charge is 0.291 e. The highest BCUT2D eigenvalue weighted by molar-refractivity contribution is 7.15. The lowest BCUT2D eigenvalue weighted by Crippen LogP contribution is -2.26. The molecule has 6 rings (SSSR count). The van der Waals surface area contributed by atoms with Gasteiger partial charge in [-0.05, 0) is 36.4 Å². The Balaban J connectivity index is 1.31. The zero-order valence-electron chi connectivity index (χ0n) is 16.4. The summed E-state index contributed by atoms with van der Waals surface area (Å²) < 4.78 is 19.3. The number of para-hydroxylation sites is 2. The number of hydrogen-bond donors (Lipinski definition) is 0. The Morgan fingerprint density at radius 2 is 1.88 bits per heavy atom. The molecule has 0 amide bonds. The first kappa shape index (κ1) is 19.1. The summed E-state index contributed by atoms with van der Waals surface area (Å²) in [4.78, 5) is 17.8. The molecule has 0 aliphatic carbocycles. The zero-order chi connectivity index (χ0) is 21.7. The monoisotopic (exact) mass is 463 g/mol. The summed E-state index contributed by atoms with van der Waals surface area (Å²) in [5.74, 6) is 2.90. The van der Waals surface area contributed by atoms with Crippen molar-refractivity contribution in [3.05, 3.63) is 92.2 Å². The molecule has 158 valence electrons. The van der Waals surface area contributed by atoms with Gasteiger partial charge in [0, 0.05) is 11.6 Å². The van der Waals surface area contributed by atoms with Gasteiger partial charge in [-0.1, -0.05) is 47.2 Å². The second kappa shape index (κ2) is 7.51. The third kappa shape index (κ3) is 3.24. The Hall–Kier alpha value is -3.62. The highest BCUT2D eigenvalue weighted by atomic mass is 35.5. The van der Waals surface area contributed by atoms with Gasteiger partial charge in [0.15, 0.2) is 23.4 Å². The molecule has 4 heterocycles. The maximum absolute atomic E-state index is 12.9. The van der Waals surface area contributed by atoms with Crippen LogP contribution in [0.5, 0.6) is 11.5 Å². The average molecular weight is 464 g/mol. The van der Waals surface area contributed by atoms with Crippen LogP contribution in [0, 0.1) is 0 Å². The van der Waals surface area contributed by atoms with Crippen LogP contribution in [0.4, 0.5) is 0 Å². The molecule has 1 aliphatic rings. The van der Waals surface area contributed by atoms with Crippen LogP contribution < -0.4 is 19.6 Å². The fourth-order valence-corrected chi connectivity index (χ4v) is 4.62. The number of fused-ring (bicyclic) bond motifs is 2. The Bertz CT molecular complexity index is 1570. The lowest BCUT2D eigenvalue weighted by atomic mass is 10.2. The van der Waals surface area contributed by atoms with E-state index in [0.29, 0.717) is 43.4 Å². The molecule has 0 radical (unpaired) electrons. The number of hydrogen-bond acceptors (Lipinski definition) is 7. The third-order valence-corrected chi connectivity index (χ3v) is 6.32. The predicted octanol–water partition coefficient (Wildman–Crippen LogP) is 4.12. The molecule has 0 bridgehead atoms. The Kier molecular flexibility index (Phi) is 4.48. The molecule has 5 aromatic rings. The minimum Gasteiger partial charge on any atom is -0.485 e. The normalized spacial score (nSPS) is 16.0. The van der Waals surface area contributed by atoms with Crippen molar-refractivity contribution in [1.29, 1.82) is 0 Å². The van der Waals surface area contributed by atoms with E-state index in [1.165, 1.54) is 15.9 Å². The van der Waals surface area contributed by atoms with Crippen LogP contribution in [-0.2, 0) is 0 Å². The summed E-state index contributed by atoms with van der Waals surface area (Å²) in [6.45, 7) is 0.277. The lowest BCUT2D eigenvalue weighted by Gasteiger charge is -2.24. The van der Waals surface area contributed by atoms with E-state index in [9.17, 15) is 4.79 Å². The molecular weight excluding hydrogens is 450 g/mol. The summed E-state index contributed by atoms with van der Waals surface area (Å²) in [5, 5.41) is 4.96. The first-order valence-electron chi connectivity index (χ1n) is 9.80. The van der Waals surface area contributed by atoms with Crippen molar-refractivity contribution < 1.29 is 13.9 Å². The topological polar surface area (TPSA) is 78.9 Å². The number of rotatable bonds is 3. The number of nitrogens with zero attached hydrogens (tertiary/aromatic N) is 3. The van der Waals surface area contributed by atoms with Crippen molar-refractivity contribution in [2.75, 3.05) is 6.61 Å². The number of ether oxygens (including phenoxy) is 2. The van der Waals surface area contributed by atoms with Gasteiger partial charge in [-0.2, -0.15) is 9.50 Å². The van der Waals surface area contributed by atoms with E-state index in [4.69, 9.17) is 25.5 Å². The highest BCUT2D eigenvalue weighted by Crippen LogP contribution is 2.35. The number of thiazole rings is 1. The molecule has 7 nitrogen and oxygen atoms in total. The molecule has 0 saturated heterocycles. The van der Waals surface area contributed by atoms with Crippen molar-refractivity contribution in [2.45, 2.75) is 6.10 Å². The Labute approximate surface area is 190 Å². The molecule has 0 N–H and O–H groups in total. The van der Waals surface area contributed by atoms with Crippen LogP contribution in [0.15, 0.2) is 69.9 Å². The van der Waals surface area contributed by atoms with Crippen molar-refractivity contribution in [3.8, 4) is 22.8 Å². The van der Waals surface area contributed by atoms with Gasteiger partial charge in [0.1, 0.15) is 22.7 Å². The summed E-state index contributed by atoms with van der Waals surface area (Å²) in [6.07, 6.45) is 1.20. The van der Waals surface area contributed by atoms with Gasteiger partial charge in [0.25, 0.3) is 5.56 Å². The average Bonchev–Trinajstić information content (AvgIpc) is 3.51. The van der Waals surface area contributed by atoms with E-state index in [0.717, 1.165) is 5.56 Å². The summed E-state index contributed by atoms with van der Waals surface area (Å²) in [6, 6.07) is 18.5. The molecule has 2 aromatic carbocycles. The van der Waals surface area contributed by atoms with E-state index in [1.807, 2.05) is 48.5 Å². The van der Waals surface area contributed by atoms with Crippen LogP contribution >= 0.6 is 22.9 Å². The first-order chi connectivity index (χ1) is 15.7. The van der Waals surface area contributed by atoms with Crippen molar-refractivity contribution in [1.82, 2.24) is 14.6 Å². The maximum Gasteiger partial charge on any atom is 0.291 e. The van der Waals surface area contributed by atoms with Crippen molar-refractivity contribution in [2.24, 2.45) is 0 Å². The number of benzene rings is 2. The van der Waals surface area contributed by atoms with Crippen molar-refractivity contribution >= 4 is 34.0 Å². The molecule has 3 aromatic heterocycles. The first-order valence-corrected chi connectivity index (χ1v) is 11.0. The molecule has 0 spiro atoms. The van der Waals surface area contributed by atoms with Crippen LogP contribution in [0.1, 0.15) is 17.7 Å². The fraction of sp³-hybridized carbons (Fsp3) is 0.0870. The van der Waals surface area contributed by atoms with Gasteiger partial charge in [-0.25, -0.2) is 0 Å². The molecule has 32 heavy (non-hydrogen) atoms. The van der Waals surface area contributed by atoms with Gasteiger partial charge in [-0.15, -0.1) is 5.10 Å². The van der Waals surface area contributed by atoms with Crippen LogP contribution in [0.2, 0.25) is 5.02 Å². The van der Waals surface area contributed by atoms with Crippen LogP contribution in [0.3, 0.4) is 0 Å². The summed E-state index contributed by atoms with van der Waals surface area (Å²) >= 11 is 7.48. The van der Waals surface area contributed by atoms with Gasteiger partial charge < -0.3 is 13.9 Å². The molecule has 1 atom stereocenters. The Morgan fingerprint density at radius 1 is 1.06 bits per heavy atom. The minimum atomic E-state index is -0.480. The third-order valence-electron chi connectivity index (χ3n) is 5.03. The van der Waals surface area contributed by atoms with Gasteiger partial charge in [0.2, 0.25) is 4.96 Å². The highest BCUT2D eigenvalue weighted by Gasteiger charge is 2.27. The largest absolute Gasteiger partial charge is 0.485 e. The number of aromatic nitrogens is 3. The van der Waals surface area contributed by atoms with E-state index in [2.05, 4.69) is 10.1 Å². The predicted molar refractivity (Wildman–Crippen MR) is 120 cm³/mol. The standard InChI is InChI=1S/C23H14ClN3O4S/c24-15-6-2-1-5-14(15)16-10-9-13(30-16)11-20-22(28)27-23(32-20)25-21(26-27)19-12-29-17-7-3-4-8-18(17)31-19/h1-11,19H,12H2. The van der Waals surface area contributed by atoms with E-state index < -0.39 is 6.10 Å². The SMILES string of the molecule is O=c1c(=Cc2ccc(-c3ccccc3Cl)o2)sc2nc(C3COc4ccccc4O3)nn12. The lowest BCUT2D eigenvalue weighted by molar-refractivity contribution is 0.0852. The zero-order valence-corrected chi connectivity index (χ0v) is 18.0. The van der Waals surface area contributed by atoms with Gasteiger partial charge >= 0.3 is 0 Å². The minimum absolute atomic E-state index is 0.267. The quantitative estimate of drug-likeness (QED) is 0.400. The molecule has 0 saturated carbocycles. The van der Waals surface area contributed by atoms with E-state index in [-0.39, 0.29) is 12.2 Å². The van der Waals surface area contributed by atoms with E-state index >= 15 is 0 Å². The molecule has 1 aliphatic heterocycles. The molecule has 1 unspecified atom stereocenters. The molecular formula is C23H14ClN3O4S. The number of furan rings is 1. The second-order valence-corrected chi connectivity index (χ2v) is 8.54. The maximum atomic E-state index is 12.9. The molecule has 9 heteroatoms. The van der Waals surface area contributed by atoms with Crippen LogP contribution in [-0.4, -0.2) is 21.2 Å².